The first-order valence-electron chi connectivity index (χ1n) is 7.76. The van der Waals surface area contributed by atoms with E-state index in [0.29, 0.717) is 5.56 Å². The summed E-state index contributed by atoms with van der Waals surface area (Å²) in [7, 11) is 0. The van der Waals surface area contributed by atoms with Crippen molar-refractivity contribution in [2.75, 3.05) is 18.4 Å². The van der Waals surface area contributed by atoms with Crippen LogP contribution in [0.5, 0.6) is 0 Å². The molecule has 1 heterocycles. The maximum atomic E-state index is 12.3. The molecule has 21 heavy (non-hydrogen) atoms. The second-order valence-corrected chi connectivity index (χ2v) is 5.66. The van der Waals surface area contributed by atoms with Gasteiger partial charge in [0.15, 0.2) is 0 Å². The third-order valence-corrected chi connectivity index (χ3v) is 4.10. The lowest BCUT2D eigenvalue weighted by atomic mass is 10.1. The van der Waals surface area contributed by atoms with Crippen LogP contribution in [0.4, 0.5) is 5.69 Å². The molecule has 0 unspecified atom stereocenters. The summed E-state index contributed by atoms with van der Waals surface area (Å²) in [6, 6.07) is 8.95. The van der Waals surface area contributed by atoms with Gasteiger partial charge in [0.25, 0.3) is 0 Å². The molecule has 2 rings (SSSR count). The molecule has 1 aromatic rings. The van der Waals surface area contributed by atoms with Crippen LogP contribution in [0.1, 0.15) is 44.6 Å². The van der Waals surface area contributed by atoms with Crippen LogP contribution in [0.25, 0.3) is 0 Å². The Bertz CT molecular complexity index is 496. The molecule has 0 aliphatic carbocycles. The van der Waals surface area contributed by atoms with Crippen LogP contribution in [0, 0.1) is 11.3 Å². The number of hydrogen-bond acceptors (Lipinski definition) is 3. The van der Waals surface area contributed by atoms with Crippen molar-refractivity contribution in [1.29, 1.82) is 5.26 Å². The van der Waals surface area contributed by atoms with E-state index in [9.17, 15) is 4.79 Å². The van der Waals surface area contributed by atoms with Gasteiger partial charge in [0.05, 0.1) is 17.7 Å². The van der Waals surface area contributed by atoms with Crippen molar-refractivity contribution in [3.05, 3.63) is 29.8 Å². The summed E-state index contributed by atoms with van der Waals surface area (Å²) in [4.78, 5) is 14.6. The highest BCUT2D eigenvalue weighted by molar-refractivity contribution is 5.94. The van der Waals surface area contributed by atoms with E-state index in [1.807, 2.05) is 6.92 Å². The van der Waals surface area contributed by atoms with Crippen molar-refractivity contribution < 1.29 is 4.79 Å². The first kappa shape index (κ1) is 15.5. The minimum atomic E-state index is -0.112. The molecule has 1 fully saturated rings. The van der Waals surface area contributed by atoms with Crippen LogP contribution < -0.4 is 5.32 Å². The smallest absolute Gasteiger partial charge is 0.241 e. The maximum absolute atomic E-state index is 12.3. The lowest BCUT2D eigenvalue weighted by Gasteiger charge is -2.29. The Balaban J connectivity index is 1.92. The molecule has 1 atom stereocenters. The molecule has 1 aliphatic rings. The Labute approximate surface area is 126 Å². The van der Waals surface area contributed by atoms with E-state index in [-0.39, 0.29) is 11.9 Å². The summed E-state index contributed by atoms with van der Waals surface area (Å²) in [5.41, 5.74) is 1.35. The number of hydrogen-bond donors (Lipinski definition) is 1. The van der Waals surface area contributed by atoms with Crippen LogP contribution in [-0.4, -0.2) is 29.9 Å². The standard InChI is InChI=1S/C17H23N3O/c1-14(20-11-5-3-2-4-6-12-20)17(21)19-16-9-7-15(13-18)8-10-16/h7-10,14H,2-6,11-12H2,1H3,(H,19,21)/t14-/m0/s1. The second kappa shape index (κ2) is 7.80. The molecule has 1 saturated heterocycles. The Hall–Kier alpha value is -1.86. The Kier molecular flexibility index (Phi) is 5.77. The van der Waals surface area contributed by atoms with Crippen molar-refractivity contribution in [3.63, 3.8) is 0 Å². The molecule has 1 N–H and O–H groups in total. The number of carbonyl (C=O) groups excluding carboxylic acids is 1. The van der Waals surface area contributed by atoms with Crippen LogP contribution >= 0.6 is 0 Å². The molecule has 0 bridgehead atoms. The largest absolute Gasteiger partial charge is 0.325 e. The molecule has 0 saturated carbocycles. The van der Waals surface area contributed by atoms with Crippen molar-refractivity contribution in [2.24, 2.45) is 0 Å². The molecule has 0 radical (unpaired) electrons. The van der Waals surface area contributed by atoms with Gasteiger partial charge in [-0.3, -0.25) is 9.69 Å². The summed E-state index contributed by atoms with van der Waals surface area (Å²) in [6.07, 6.45) is 6.20. The zero-order valence-electron chi connectivity index (χ0n) is 12.6. The van der Waals surface area contributed by atoms with Crippen molar-refractivity contribution in [1.82, 2.24) is 4.90 Å². The monoisotopic (exact) mass is 285 g/mol. The summed E-state index contributed by atoms with van der Waals surface area (Å²) in [5.74, 6) is 0.0280. The predicted molar refractivity (Wildman–Crippen MR) is 83.9 cm³/mol. The highest BCUT2D eigenvalue weighted by atomic mass is 16.2. The molecule has 112 valence electrons. The van der Waals surface area contributed by atoms with Gasteiger partial charge in [-0.15, -0.1) is 0 Å². The number of nitrogens with one attached hydrogen (secondary N) is 1. The Morgan fingerprint density at radius 3 is 2.29 bits per heavy atom. The SMILES string of the molecule is C[C@@H](C(=O)Nc1ccc(C#N)cc1)N1CCCCCCC1. The first-order valence-corrected chi connectivity index (χ1v) is 7.76. The number of nitrogens with zero attached hydrogens (tertiary/aromatic N) is 2. The van der Waals surface area contributed by atoms with Gasteiger partial charge in [0, 0.05) is 5.69 Å². The topological polar surface area (TPSA) is 56.1 Å². The zero-order chi connectivity index (χ0) is 15.1. The average molecular weight is 285 g/mol. The maximum Gasteiger partial charge on any atom is 0.241 e. The Morgan fingerprint density at radius 2 is 1.71 bits per heavy atom. The van der Waals surface area contributed by atoms with Gasteiger partial charge in [0.1, 0.15) is 0 Å². The molecule has 0 spiro atoms. The number of likely N-dealkylation sites (tertiary alicyclic amines) is 1. The van der Waals surface area contributed by atoms with Crippen molar-refractivity contribution in [2.45, 2.75) is 45.1 Å². The normalized spacial score (nSPS) is 18.1. The molecule has 4 nitrogen and oxygen atoms in total. The lowest BCUT2D eigenvalue weighted by molar-refractivity contribution is -0.120. The van der Waals surface area contributed by atoms with Gasteiger partial charge in [0.2, 0.25) is 5.91 Å². The first-order chi connectivity index (χ1) is 10.2. The third-order valence-electron chi connectivity index (χ3n) is 4.10. The molecule has 0 aromatic heterocycles. The van der Waals surface area contributed by atoms with E-state index in [4.69, 9.17) is 5.26 Å². The van der Waals surface area contributed by atoms with E-state index in [0.717, 1.165) is 18.8 Å². The highest BCUT2D eigenvalue weighted by Gasteiger charge is 2.21. The average Bonchev–Trinajstić information content (AvgIpc) is 2.47. The highest BCUT2D eigenvalue weighted by Crippen LogP contribution is 2.15. The van der Waals surface area contributed by atoms with Crippen LogP contribution in [0.3, 0.4) is 0 Å². The van der Waals surface area contributed by atoms with Crippen LogP contribution in [-0.2, 0) is 4.79 Å². The Morgan fingerprint density at radius 1 is 1.14 bits per heavy atom. The third kappa shape index (κ3) is 4.57. The summed E-state index contributed by atoms with van der Waals surface area (Å²) < 4.78 is 0. The van der Waals surface area contributed by atoms with Gasteiger partial charge in [-0.2, -0.15) is 5.26 Å². The van der Waals surface area contributed by atoms with Gasteiger partial charge in [-0.1, -0.05) is 19.3 Å². The number of nitriles is 1. The fourth-order valence-corrected chi connectivity index (χ4v) is 2.70. The van der Waals surface area contributed by atoms with Gasteiger partial charge < -0.3 is 5.32 Å². The van der Waals surface area contributed by atoms with E-state index >= 15 is 0 Å². The summed E-state index contributed by atoms with van der Waals surface area (Å²) in [6.45, 7) is 3.98. The molecular weight excluding hydrogens is 262 g/mol. The van der Waals surface area contributed by atoms with E-state index in [1.165, 1.54) is 32.1 Å². The van der Waals surface area contributed by atoms with Gasteiger partial charge >= 0.3 is 0 Å². The minimum Gasteiger partial charge on any atom is -0.325 e. The second-order valence-electron chi connectivity index (χ2n) is 5.66. The molecule has 1 aromatic carbocycles. The van der Waals surface area contributed by atoms with E-state index < -0.39 is 0 Å². The summed E-state index contributed by atoms with van der Waals surface area (Å²) >= 11 is 0. The molecule has 4 heteroatoms. The van der Waals surface area contributed by atoms with E-state index in [1.54, 1.807) is 24.3 Å². The van der Waals surface area contributed by atoms with Crippen LogP contribution in [0.15, 0.2) is 24.3 Å². The lowest BCUT2D eigenvalue weighted by Crippen LogP contribution is -2.43. The number of amides is 1. The van der Waals surface area contributed by atoms with Crippen molar-refractivity contribution >= 4 is 11.6 Å². The fourth-order valence-electron chi connectivity index (χ4n) is 2.70. The van der Waals surface area contributed by atoms with Crippen LogP contribution in [0.2, 0.25) is 0 Å². The van der Waals surface area contributed by atoms with E-state index in [2.05, 4.69) is 16.3 Å². The van der Waals surface area contributed by atoms with Crippen molar-refractivity contribution in [3.8, 4) is 6.07 Å². The zero-order valence-corrected chi connectivity index (χ0v) is 12.6. The molecular formula is C17H23N3O. The fraction of sp³-hybridized carbons (Fsp3) is 0.529. The number of benzene rings is 1. The number of anilines is 1. The predicted octanol–water partition coefficient (Wildman–Crippen LogP) is 3.15. The number of rotatable bonds is 3. The van der Waals surface area contributed by atoms with Gasteiger partial charge in [-0.05, 0) is 57.1 Å². The molecule has 1 amide bonds. The quantitative estimate of drug-likeness (QED) is 0.928. The minimum absolute atomic E-state index is 0.0280. The molecule has 1 aliphatic heterocycles. The van der Waals surface area contributed by atoms with Gasteiger partial charge in [-0.25, -0.2) is 0 Å². The summed E-state index contributed by atoms with van der Waals surface area (Å²) in [5, 5.41) is 11.7. The number of carbonyl (C=O) groups is 1.